The fourth-order valence-electron chi connectivity index (χ4n) is 2.89. The van der Waals surface area contributed by atoms with E-state index in [4.69, 9.17) is 9.31 Å². The molecule has 1 fully saturated rings. The maximum Gasteiger partial charge on any atom is 0.495 e. The highest BCUT2D eigenvalue weighted by Crippen LogP contribution is 2.36. The Kier molecular flexibility index (Phi) is 5.13. The lowest BCUT2D eigenvalue weighted by Gasteiger charge is -2.32. The van der Waals surface area contributed by atoms with E-state index in [-0.39, 0.29) is 18.3 Å². The van der Waals surface area contributed by atoms with Crippen molar-refractivity contribution in [1.29, 1.82) is 0 Å². The summed E-state index contributed by atoms with van der Waals surface area (Å²) < 4.78 is 12.4. The molecular formula is C18H27BO3. The lowest BCUT2D eigenvalue weighted by atomic mass is 9.73. The Morgan fingerprint density at radius 2 is 1.77 bits per heavy atom. The zero-order chi connectivity index (χ0) is 16.4. The van der Waals surface area contributed by atoms with E-state index >= 15 is 0 Å². The van der Waals surface area contributed by atoms with Gasteiger partial charge in [-0.2, -0.15) is 0 Å². The molecule has 0 saturated carbocycles. The van der Waals surface area contributed by atoms with Crippen LogP contribution in [0.3, 0.4) is 0 Å². The second-order valence-corrected chi connectivity index (χ2v) is 6.99. The predicted octanol–water partition coefficient (Wildman–Crippen LogP) is 3.07. The van der Waals surface area contributed by atoms with Crippen LogP contribution in [0.15, 0.2) is 18.2 Å². The zero-order valence-electron chi connectivity index (χ0n) is 14.4. The van der Waals surface area contributed by atoms with Crippen molar-refractivity contribution in [3.63, 3.8) is 0 Å². The van der Waals surface area contributed by atoms with Gasteiger partial charge in [0.15, 0.2) is 0 Å². The highest BCUT2D eigenvalue weighted by atomic mass is 16.7. The van der Waals surface area contributed by atoms with Crippen molar-refractivity contribution in [1.82, 2.24) is 0 Å². The average Bonchev–Trinajstić information content (AvgIpc) is 2.67. The topological polar surface area (TPSA) is 35.5 Å². The Morgan fingerprint density at radius 1 is 1.14 bits per heavy atom. The van der Waals surface area contributed by atoms with Crippen LogP contribution < -0.4 is 5.46 Å². The van der Waals surface area contributed by atoms with Gasteiger partial charge in [0.1, 0.15) is 6.29 Å². The number of unbranched alkanes of at least 4 members (excludes halogenated alkanes) is 1. The third-order valence-electron chi connectivity index (χ3n) is 4.94. The van der Waals surface area contributed by atoms with E-state index in [1.807, 2.05) is 0 Å². The van der Waals surface area contributed by atoms with Gasteiger partial charge in [-0.3, -0.25) is 0 Å². The second kappa shape index (κ2) is 6.55. The molecule has 0 spiro atoms. The van der Waals surface area contributed by atoms with E-state index in [1.165, 1.54) is 11.1 Å². The van der Waals surface area contributed by atoms with Crippen LogP contribution in [0, 0.1) is 0 Å². The van der Waals surface area contributed by atoms with Crippen molar-refractivity contribution < 1.29 is 14.1 Å². The molecule has 1 aliphatic rings. The number of hydrogen-bond acceptors (Lipinski definition) is 3. The first-order chi connectivity index (χ1) is 10.3. The standard InChI is InChI=1S/C18H27BO3/c1-6-15-14(10-7-8-13-20)11-9-12-16(15)19-21-17(2,3)18(4,5)22-19/h9,11-13H,6-8,10H2,1-5H3. The second-order valence-electron chi connectivity index (χ2n) is 6.99. The molecule has 0 amide bonds. The minimum atomic E-state index is -0.323. The molecule has 0 unspecified atom stereocenters. The number of aldehydes is 1. The van der Waals surface area contributed by atoms with Crippen LogP contribution in [0.25, 0.3) is 0 Å². The van der Waals surface area contributed by atoms with Crippen LogP contribution in [-0.4, -0.2) is 24.6 Å². The Morgan fingerprint density at radius 3 is 2.32 bits per heavy atom. The van der Waals surface area contributed by atoms with Gasteiger partial charge in [-0.25, -0.2) is 0 Å². The number of hydrogen-bond donors (Lipinski definition) is 0. The number of carbonyl (C=O) groups is 1. The SMILES string of the molecule is CCc1c(CCCC=O)cccc1B1OC(C)(C)C(C)(C)O1. The Labute approximate surface area is 134 Å². The molecule has 0 atom stereocenters. The maximum absolute atomic E-state index is 10.5. The molecule has 1 heterocycles. The average molecular weight is 302 g/mol. The van der Waals surface area contributed by atoms with Crippen molar-refractivity contribution in [2.24, 2.45) is 0 Å². The summed E-state index contributed by atoms with van der Waals surface area (Å²) in [7, 11) is -0.314. The normalized spacial score (nSPS) is 19.4. The first-order valence-corrected chi connectivity index (χ1v) is 8.22. The van der Waals surface area contributed by atoms with Crippen molar-refractivity contribution in [3.05, 3.63) is 29.3 Å². The third-order valence-corrected chi connectivity index (χ3v) is 4.94. The molecule has 3 nitrogen and oxygen atoms in total. The molecule has 4 heteroatoms. The summed E-state index contributed by atoms with van der Waals surface area (Å²) in [6, 6.07) is 6.32. The summed E-state index contributed by atoms with van der Waals surface area (Å²) >= 11 is 0. The predicted molar refractivity (Wildman–Crippen MR) is 90.5 cm³/mol. The maximum atomic E-state index is 10.5. The highest BCUT2D eigenvalue weighted by Gasteiger charge is 2.52. The molecule has 22 heavy (non-hydrogen) atoms. The first kappa shape index (κ1) is 17.2. The lowest BCUT2D eigenvalue weighted by Crippen LogP contribution is -2.41. The van der Waals surface area contributed by atoms with Gasteiger partial charge in [-0.1, -0.05) is 25.1 Å². The summed E-state index contributed by atoms with van der Waals surface area (Å²) in [5.74, 6) is 0. The summed E-state index contributed by atoms with van der Waals surface area (Å²) in [5.41, 5.74) is 3.08. The van der Waals surface area contributed by atoms with E-state index in [9.17, 15) is 4.79 Å². The third kappa shape index (κ3) is 3.28. The van der Waals surface area contributed by atoms with Crippen LogP contribution >= 0.6 is 0 Å². The van der Waals surface area contributed by atoms with Gasteiger partial charge < -0.3 is 14.1 Å². The van der Waals surface area contributed by atoms with Gasteiger partial charge in [-0.05, 0) is 63.5 Å². The minimum Gasteiger partial charge on any atom is -0.399 e. The number of carbonyl (C=O) groups excluding carboxylic acids is 1. The molecular weight excluding hydrogens is 275 g/mol. The van der Waals surface area contributed by atoms with E-state index in [2.05, 4.69) is 52.8 Å². The summed E-state index contributed by atoms with van der Waals surface area (Å²) in [6.07, 6.45) is 4.36. The quantitative estimate of drug-likeness (QED) is 0.460. The van der Waals surface area contributed by atoms with Crippen LogP contribution in [0.1, 0.15) is 58.6 Å². The van der Waals surface area contributed by atoms with Crippen LogP contribution in [0.4, 0.5) is 0 Å². The molecule has 1 aliphatic heterocycles. The monoisotopic (exact) mass is 302 g/mol. The molecule has 120 valence electrons. The van der Waals surface area contributed by atoms with Gasteiger partial charge >= 0.3 is 7.12 Å². The Balaban J connectivity index is 2.28. The van der Waals surface area contributed by atoms with Crippen LogP contribution in [0.2, 0.25) is 0 Å². The van der Waals surface area contributed by atoms with Gasteiger partial charge in [0.2, 0.25) is 0 Å². The van der Waals surface area contributed by atoms with Crippen molar-refractivity contribution >= 4 is 18.9 Å². The molecule has 1 saturated heterocycles. The van der Waals surface area contributed by atoms with Crippen molar-refractivity contribution in [3.8, 4) is 0 Å². The van der Waals surface area contributed by atoms with Crippen molar-refractivity contribution in [2.75, 3.05) is 0 Å². The van der Waals surface area contributed by atoms with Gasteiger partial charge in [-0.15, -0.1) is 0 Å². The van der Waals surface area contributed by atoms with E-state index in [0.717, 1.165) is 31.0 Å². The number of rotatable bonds is 6. The van der Waals surface area contributed by atoms with E-state index in [1.54, 1.807) is 0 Å². The van der Waals surface area contributed by atoms with Gasteiger partial charge in [0, 0.05) is 6.42 Å². The minimum absolute atomic E-state index is 0.314. The van der Waals surface area contributed by atoms with Crippen LogP contribution in [-0.2, 0) is 26.9 Å². The smallest absolute Gasteiger partial charge is 0.399 e. The molecule has 0 aromatic heterocycles. The number of aryl methyl sites for hydroxylation is 1. The first-order valence-electron chi connectivity index (χ1n) is 8.22. The van der Waals surface area contributed by atoms with Gasteiger partial charge in [0.25, 0.3) is 0 Å². The van der Waals surface area contributed by atoms with Crippen molar-refractivity contribution in [2.45, 2.75) is 71.5 Å². The lowest BCUT2D eigenvalue weighted by molar-refractivity contribution is -0.107. The Hall–Kier alpha value is -1.13. The molecule has 0 aliphatic carbocycles. The summed E-state index contributed by atoms with van der Waals surface area (Å²) in [5, 5.41) is 0. The fraction of sp³-hybridized carbons (Fsp3) is 0.611. The van der Waals surface area contributed by atoms with Crippen LogP contribution in [0.5, 0.6) is 0 Å². The van der Waals surface area contributed by atoms with E-state index in [0.29, 0.717) is 6.42 Å². The van der Waals surface area contributed by atoms with E-state index < -0.39 is 0 Å². The van der Waals surface area contributed by atoms with Gasteiger partial charge in [0.05, 0.1) is 11.2 Å². The molecule has 2 rings (SSSR count). The molecule has 1 aromatic rings. The zero-order valence-corrected chi connectivity index (χ0v) is 14.4. The molecule has 0 N–H and O–H groups in total. The molecule has 0 radical (unpaired) electrons. The molecule has 1 aromatic carbocycles. The Bertz CT molecular complexity index is 521. The largest absolute Gasteiger partial charge is 0.495 e. The fourth-order valence-corrected chi connectivity index (χ4v) is 2.89. The molecule has 0 bridgehead atoms. The summed E-state index contributed by atoms with van der Waals surface area (Å²) in [6.45, 7) is 10.5. The number of benzene rings is 1. The highest BCUT2D eigenvalue weighted by molar-refractivity contribution is 6.62. The summed E-state index contributed by atoms with van der Waals surface area (Å²) in [4.78, 5) is 10.5.